The van der Waals surface area contributed by atoms with Gasteiger partial charge in [0.25, 0.3) is 5.91 Å². The largest absolute Gasteiger partial charge is 0.507 e. The molecule has 1 aliphatic rings. The molecule has 0 spiro atoms. The fraction of sp³-hybridized carbons (Fsp3) is 0.231. The third kappa shape index (κ3) is 2.63. The lowest BCUT2D eigenvalue weighted by molar-refractivity contribution is 0.102. The smallest absolute Gasteiger partial charge is 0.261 e. The third-order valence-corrected chi connectivity index (χ3v) is 4.27. The van der Waals surface area contributed by atoms with Gasteiger partial charge >= 0.3 is 0 Å². The van der Waals surface area contributed by atoms with Crippen LogP contribution in [0, 0.1) is 0 Å². The van der Waals surface area contributed by atoms with Crippen molar-refractivity contribution >= 4 is 34.0 Å². The van der Waals surface area contributed by atoms with Gasteiger partial charge in [0.15, 0.2) is 5.13 Å². The molecule has 20 heavy (non-hydrogen) atoms. The number of thiazole rings is 1. The number of halogens is 1. The van der Waals surface area contributed by atoms with Crippen molar-refractivity contribution in [2.45, 2.75) is 13.0 Å². The summed E-state index contributed by atoms with van der Waals surface area (Å²) < 4.78 is 0. The predicted octanol–water partition coefficient (Wildman–Crippen LogP) is 2.40. The molecule has 0 unspecified atom stereocenters. The van der Waals surface area contributed by atoms with Gasteiger partial charge in [-0.05, 0) is 18.2 Å². The number of aromatic hydroxyl groups is 1. The van der Waals surface area contributed by atoms with E-state index in [2.05, 4.69) is 15.6 Å². The van der Waals surface area contributed by atoms with Gasteiger partial charge in [0, 0.05) is 29.4 Å². The third-order valence-electron chi connectivity index (χ3n) is 3.03. The van der Waals surface area contributed by atoms with E-state index >= 15 is 0 Å². The lowest BCUT2D eigenvalue weighted by Crippen LogP contribution is -2.22. The molecule has 1 aliphatic heterocycles. The summed E-state index contributed by atoms with van der Waals surface area (Å²) in [6.45, 7) is 1.69. The van der Waals surface area contributed by atoms with E-state index in [-0.39, 0.29) is 11.3 Å². The molecule has 0 radical (unpaired) electrons. The molecule has 0 saturated carbocycles. The molecule has 5 nitrogen and oxygen atoms in total. The SMILES string of the molecule is O=C(Nc1nc2c(s1)CNCC2)c1cc(Cl)ccc1O. The van der Waals surface area contributed by atoms with E-state index in [0.717, 1.165) is 30.1 Å². The fourth-order valence-electron chi connectivity index (χ4n) is 2.03. The first-order chi connectivity index (χ1) is 9.63. The average molecular weight is 310 g/mol. The van der Waals surface area contributed by atoms with Crippen LogP contribution < -0.4 is 10.6 Å². The molecule has 1 amide bonds. The topological polar surface area (TPSA) is 74.2 Å². The van der Waals surface area contributed by atoms with Crippen molar-refractivity contribution in [3.05, 3.63) is 39.4 Å². The first-order valence-corrected chi connectivity index (χ1v) is 7.32. The quantitative estimate of drug-likeness (QED) is 0.796. The molecular weight excluding hydrogens is 298 g/mol. The number of hydrogen-bond acceptors (Lipinski definition) is 5. The minimum Gasteiger partial charge on any atom is -0.507 e. The van der Waals surface area contributed by atoms with Crippen LogP contribution in [0.25, 0.3) is 0 Å². The van der Waals surface area contributed by atoms with E-state index < -0.39 is 5.91 Å². The van der Waals surface area contributed by atoms with Crippen LogP contribution in [0.2, 0.25) is 5.02 Å². The van der Waals surface area contributed by atoms with Gasteiger partial charge in [-0.1, -0.05) is 11.6 Å². The van der Waals surface area contributed by atoms with Crippen LogP contribution in [-0.4, -0.2) is 22.5 Å². The summed E-state index contributed by atoms with van der Waals surface area (Å²) in [6, 6.07) is 4.36. The standard InChI is InChI=1S/C13H12ClN3O2S/c14-7-1-2-10(18)8(5-7)12(19)17-13-16-9-3-4-15-6-11(9)20-13/h1-2,5,15,18H,3-4,6H2,(H,16,17,19). The molecule has 0 atom stereocenters. The molecule has 2 aromatic rings. The Balaban J connectivity index is 1.82. The van der Waals surface area contributed by atoms with Crippen molar-refractivity contribution in [1.29, 1.82) is 0 Å². The second-order valence-electron chi connectivity index (χ2n) is 4.43. The molecule has 0 aliphatic carbocycles. The van der Waals surface area contributed by atoms with Crippen molar-refractivity contribution < 1.29 is 9.90 Å². The highest BCUT2D eigenvalue weighted by Gasteiger charge is 2.18. The molecule has 7 heteroatoms. The number of nitrogens with one attached hydrogen (secondary N) is 2. The van der Waals surface area contributed by atoms with Crippen molar-refractivity contribution in [3.63, 3.8) is 0 Å². The number of phenolic OH excluding ortho intramolecular Hbond substituents is 1. The van der Waals surface area contributed by atoms with E-state index in [0.29, 0.717) is 10.2 Å². The Bertz CT molecular complexity index is 648. The first kappa shape index (κ1) is 13.4. The highest BCUT2D eigenvalue weighted by atomic mass is 35.5. The molecule has 1 aromatic carbocycles. The second-order valence-corrected chi connectivity index (χ2v) is 5.95. The molecule has 104 valence electrons. The molecule has 2 heterocycles. The van der Waals surface area contributed by atoms with E-state index in [1.807, 2.05) is 0 Å². The molecule has 3 N–H and O–H groups in total. The number of anilines is 1. The van der Waals surface area contributed by atoms with Crippen LogP contribution >= 0.6 is 22.9 Å². The number of fused-ring (bicyclic) bond motifs is 1. The van der Waals surface area contributed by atoms with Crippen molar-refractivity contribution in [3.8, 4) is 5.75 Å². The summed E-state index contributed by atoms with van der Waals surface area (Å²) in [4.78, 5) is 17.7. The number of aromatic nitrogens is 1. The normalized spacial score (nSPS) is 13.8. The summed E-state index contributed by atoms with van der Waals surface area (Å²) in [7, 11) is 0. The van der Waals surface area contributed by atoms with Gasteiger partial charge in [-0.25, -0.2) is 4.98 Å². The van der Waals surface area contributed by atoms with Crippen LogP contribution in [0.5, 0.6) is 5.75 Å². The summed E-state index contributed by atoms with van der Waals surface area (Å²) >= 11 is 7.28. The Hall–Kier alpha value is -1.63. The maximum atomic E-state index is 12.1. The van der Waals surface area contributed by atoms with Gasteiger partial charge in [-0.15, -0.1) is 11.3 Å². The molecule has 0 saturated heterocycles. The Morgan fingerprint density at radius 3 is 3.15 bits per heavy atom. The number of hydrogen-bond donors (Lipinski definition) is 3. The number of benzene rings is 1. The van der Waals surface area contributed by atoms with E-state index in [4.69, 9.17) is 11.6 Å². The number of phenols is 1. The Morgan fingerprint density at radius 1 is 1.50 bits per heavy atom. The Labute approximate surface area is 124 Å². The first-order valence-electron chi connectivity index (χ1n) is 6.12. The number of nitrogens with zero attached hydrogens (tertiary/aromatic N) is 1. The lowest BCUT2D eigenvalue weighted by Gasteiger charge is -2.09. The molecule has 1 aromatic heterocycles. The minimum absolute atomic E-state index is 0.102. The van der Waals surface area contributed by atoms with Gasteiger partial charge < -0.3 is 10.4 Å². The van der Waals surface area contributed by atoms with Crippen molar-refractivity contribution in [2.24, 2.45) is 0 Å². The van der Waals surface area contributed by atoms with E-state index in [1.54, 1.807) is 0 Å². The second kappa shape index (κ2) is 5.40. The highest BCUT2D eigenvalue weighted by molar-refractivity contribution is 7.15. The lowest BCUT2D eigenvalue weighted by atomic mass is 10.2. The van der Waals surface area contributed by atoms with Gasteiger partial charge in [-0.3, -0.25) is 10.1 Å². The molecule has 3 rings (SSSR count). The zero-order valence-electron chi connectivity index (χ0n) is 10.4. The monoisotopic (exact) mass is 309 g/mol. The van der Waals surface area contributed by atoms with Crippen LogP contribution in [0.3, 0.4) is 0 Å². The van der Waals surface area contributed by atoms with Crippen molar-refractivity contribution in [1.82, 2.24) is 10.3 Å². The number of rotatable bonds is 2. The van der Waals surface area contributed by atoms with Gasteiger partial charge in [0.05, 0.1) is 11.3 Å². The number of carbonyl (C=O) groups is 1. The number of amides is 1. The molecule has 0 fully saturated rings. The summed E-state index contributed by atoms with van der Waals surface area (Å²) in [5.41, 5.74) is 1.17. The summed E-state index contributed by atoms with van der Waals surface area (Å²) in [5.74, 6) is -0.515. The van der Waals surface area contributed by atoms with Gasteiger partial charge in [-0.2, -0.15) is 0 Å². The maximum absolute atomic E-state index is 12.1. The summed E-state index contributed by atoms with van der Waals surface area (Å²) in [6.07, 6.45) is 0.865. The fourth-order valence-corrected chi connectivity index (χ4v) is 3.18. The van der Waals surface area contributed by atoms with Crippen molar-refractivity contribution in [2.75, 3.05) is 11.9 Å². The molecular formula is C13H12ClN3O2S. The van der Waals surface area contributed by atoms with Gasteiger partial charge in [0.1, 0.15) is 5.75 Å². The van der Waals surface area contributed by atoms with Crippen LogP contribution in [0.4, 0.5) is 5.13 Å². The number of carbonyl (C=O) groups excluding carboxylic acids is 1. The summed E-state index contributed by atoms with van der Waals surface area (Å²) in [5, 5.41) is 16.6. The average Bonchev–Trinajstić information content (AvgIpc) is 2.83. The van der Waals surface area contributed by atoms with Crippen LogP contribution in [0.15, 0.2) is 18.2 Å². The molecule has 0 bridgehead atoms. The highest BCUT2D eigenvalue weighted by Crippen LogP contribution is 2.27. The zero-order valence-corrected chi connectivity index (χ0v) is 12.0. The Kier molecular flexibility index (Phi) is 3.60. The van der Waals surface area contributed by atoms with Gasteiger partial charge in [0.2, 0.25) is 0 Å². The van der Waals surface area contributed by atoms with E-state index in [9.17, 15) is 9.90 Å². The zero-order chi connectivity index (χ0) is 14.1. The Morgan fingerprint density at radius 2 is 2.35 bits per heavy atom. The minimum atomic E-state index is -0.413. The maximum Gasteiger partial charge on any atom is 0.261 e. The van der Waals surface area contributed by atoms with Crippen LogP contribution in [0.1, 0.15) is 20.9 Å². The van der Waals surface area contributed by atoms with Crippen LogP contribution in [-0.2, 0) is 13.0 Å². The van der Waals surface area contributed by atoms with E-state index in [1.165, 1.54) is 29.5 Å². The predicted molar refractivity (Wildman–Crippen MR) is 78.6 cm³/mol.